The van der Waals surface area contributed by atoms with Gasteiger partial charge < -0.3 is 13.7 Å². The summed E-state index contributed by atoms with van der Waals surface area (Å²) < 4.78 is 36.8. The van der Waals surface area contributed by atoms with Crippen LogP contribution in [0.5, 0.6) is 11.5 Å². The Hall–Kier alpha value is -2.29. The summed E-state index contributed by atoms with van der Waals surface area (Å²) >= 11 is 0. The van der Waals surface area contributed by atoms with Crippen LogP contribution in [0.2, 0.25) is 0 Å². The van der Waals surface area contributed by atoms with E-state index in [-0.39, 0.29) is 11.5 Å². The number of hydrazone groups is 1. The van der Waals surface area contributed by atoms with Crippen molar-refractivity contribution in [2.24, 2.45) is 5.10 Å². The van der Waals surface area contributed by atoms with Crippen LogP contribution in [0.1, 0.15) is 12.5 Å². The van der Waals surface area contributed by atoms with Gasteiger partial charge in [-0.1, -0.05) is 0 Å². The number of carbonyl (C=O) groups is 1. The lowest BCUT2D eigenvalue weighted by atomic mass is 10.2. The van der Waals surface area contributed by atoms with E-state index in [9.17, 15) is 13.2 Å². The van der Waals surface area contributed by atoms with Crippen LogP contribution in [0.4, 0.5) is 4.79 Å². The molecule has 0 saturated heterocycles. The first-order chi connectivity index (χ1) is 9.85. The van der Waals surface area contributed by atoms with E-state index in [1.165, 1.54) is 25.5 Å². The standard InChI is InChI=1S/C12H16N2O6S/c1-4-19-11-7-9(8-13-14-12(15)18-2)5-6-10(11)20-21(3,16)17/h5-8H,4H2,1-3H3,(H,14,15)/b13-8-. The molecule has 8 nitrogen and oxygen atoms in total. The van der Waals surface area contributed by atoms with E-state index < -0.39 is 16.2 Å². The molecule has 0 aliphatic heterocycles. The molecule has 0 spiro atoms. The van der Waals surface area contributed by atoms with Crippen LogP contribution < -0.4 is 14.3 Å². The number of benzene rings is 1. The molecule has 9 heteroatoms. The molecule has 0 aliphatic carbocycles. The SMILES string of the molecule is CCOc1cc(/C=N\NC(=O)OC)ccc1OS(C)(=O)=O. The number of methoxy groups -OCH3 is 1. The Morgan fingerprint density at radius 3 is 2.67 bits per heavy atom. The number of amides is 1. The first-order valence-electron chi connectivity index (χ1n) is 5.89. The van der Waals surface area contributed by atoms with Gasteiger partial charge in [-0.15, -0.1) is 0 Å². The van der Waals surface area contributed by atoms with Crippen molar-refractivity contribution in [1.29, 1.82) is 0 Å². The Bertz CT molecular complexity index is 627. The van der Waals surface area contributed by atoms with Crippen molar-refractivity contribution in [1.82, 2.24) is 5.43 Å². The lowest BCUT2D eigenvalue weighted by Crippen LogP contribution is -2.16. The Kier molecular flexibility index (Phi) is 5.97. The number of rotatable bonds is 6. The predicted molar refractivity (Wildman–Crippen MR) is 76.2 cm³/mol. The van der Waals surface area contributed by atoms with Crippen molar-refractivity contribution in [2.45, 2.75) is 6.92 Å². The van der Waals surface area contributed by atoms with E-state index in [1.54, 1.807) is 13.0 Å². The number of carbonyl (C=O) groups excluding carboxylic acids is 1. The molecular weight excluding hydrogens is 300 g/mol. The zero-order valence-electron chi connectivity index (χ0n) is 11.8. The zero-order valence-corrected chi connectivity index (χ0v) is 12.6. The van der Waals surface area contributed by atoms with Crippen LogP contribution in [-0.4, -0.2) is 40.7 Å². The molecule has 1 aromatic carbocycles. The van der Waals surface area contributed by atoms with Gasteiger partial charge in [-0.05, 0) is 30.7 Å². The molecule has 0 bridgehead atoms. The Balaban J connectivity index is 2.94. The molecule has 0 aliphatic rings. The van der Waals surface area contributed by atoms with Gasteiger partial charge in [-0.25, -0.2) is 10.2 Å². The minimum atomic E-state index is -3.65. The topological polar surface area (TPSA) is 103 Å². The largest absolute Gasteiger partial charge is 0.490 e. The van der Waals surface area contributed by atoms with Gasteiger partial charge >= 0.3 is 16.2 Å². The number of hydrogen-bond donors (Lipinski definition) is 1. The van der Waals surface area contributed by atoms with Crippen LogP contribution in [0.3, 0.4) is 0 Å². The van der Waals surface area contributed by atoms with Crippen LogP contribution >= 0.6 is 0 Å². The van der Waals surface area contributed by atoms with E-state index in [0.29, 0.717) is 12.2 Å². The van der Waals surface area contributed by atoms with Crippen molar-refractivity contribution < 1.29 is 26.9 Å². The molecule has 0 atom stereocenters. The smallest absolute Gasteiger partial charge is 0.427 e. The molecule has 0 fully saturated rings. The van der Waals surface area contributed by atoms with Crippen LogP contribution in [-0.2, 0) is 14.9 Å². The fourth-order valence-electron chi connectivity index (χ4n) is 1.31. The maximum absolute atomic E-state index is 11.2. The second-order valence-electron chi connectivity index (χ2n) is 3.79. The average molecular weight is 316 g/mol. The number of nitrogens with zero attached hydrogens (tertiary/aromatic N) is 1. The molecule has 0 aromatic heterocycles. The summed E-state index contributed by atoms with van der Waals surface area (Å²) in [5.41, 5.74) is 2.70. The normalized spacial score (nSPS) is 11.2. The van der Waals surface area contributed by atoms with E-state index in [2.05, 4.69) is 15.3 Å². The molecule has 1 aromatic rings. The fourth-order valence-corrected chi connectivity index (χ4v) is 1.77. The zero-order chi connectivity index (χ0) is 15.9. The van der Waals surface area contributed by atoms with Gasteiger partial charge in [-0.2, -0.15) is 13.5 Å². The molecule has 0 saturated carbocycles. The van der Waals surface area contributed by atoms with Gasteiger partial charge in [-0.3, -0.25) is 0 Å². The highest BCUT2D eigenvalue weighted by Gasteiger charge is 2.11. The Labute approximate surface area is 122 Å². The van der Waals surface area contributed by atoms with E-state index in [1.807, 2.05) is 0 Å². The highest BCUT2D eigenvalue weighted by molar-refractivity contribution is 7.86. The third-order valence-electron chi connectivity index (χ3n) is 2.06. The summed E-state index contributed by atoms with van der Waals surface area (Å²) in [5.74, 6) is 0.336. The van der Waals surface area contributed by atoms with Crippen molar-refractivity contribution >= 4 is 22.4 Å². The maximum atomic E-state index is 11.2. The molecule has 0 heterocycles. The quantitative estimate of drug-likeness (QED) is 0.479. The molecule has 0 unspecified atom stereocenters. The molecular formula is C12H16N2O6S. The second kappa shape index (κ2) is 7.48. The van der Waals surface area contributed by atoms with Crippen molar-refractivity contribution in [3.8, 4) is 11.5 Å². The fraction of sp³-hybridized carbons (Fsp3) is 0.333. The summed E-state index contributed by atoms with van der Waals surface area (Å²) in [6.45, 7) is 2.09. The van der Waals surface area contributed by atoms with Gasteiger partial charge in [0.05, 0.1) is 26.2 Å². The van der Waals surface area contributed by atoms with Crippen molar-refractivity contribution in [3.05, 3.63) is 23.8 Å². The number of nitrogens with one attached hydrogen (secondary N) is 1. The van der Waals surface area contributed by atoms with E-state index >= 15 is 0 Å². The molecule has 21 heavy (non-hydrogen) atoms. The third-order valence-corrected chi connectivity index (χ3v) is 2.55. The minimum Gasteiger partial charge on any atom is -0.490 e. The molecule has 0 radical (unpaired) electrons. The molecule has 116 valence electrons. The minimum absolute atomic E-state index is 0.0810. The van der Waals surface area contributed by atoms with Crippen molar-refractivity contribution in [3.63, 3.8) is 0 Å². The van der Waals surface area contributed by atoms with Crippen LogP contribution in [0.25, 0.3) is 0 Å². The van der Waals surface area contributed by atoms with E-state index in [0.717, 1.165) is 6.26 Å². The predicted octanol–water partition coefficient (Wildman–Crippen LogP) is 1.11. The van der Waals surface area contributed by atoms with Crippen LogP contribution in [0, 0.1) is 0 Å². The summed E-state index contributed by atoms with van der Waals surface area (Å²) in [6, 6.07) is 4.53. The van der Waals surface area contributed by atoms with Gasteiger partial charge in [0, 0.05) is 0 Å². The lowest BCUT2D eigenvalue weighted by molar-refractivity contribution is 0.171. The van der Waals surface area contributed by atoms with Crippen LogP contribution in [0.15, 0.2) is 23.3 Å². The summed E-state index contributed by atoms with van der Waals surface area (Å²) in [4.78, 5) is 10.8. The summed E-state index contributed by atoms with van der Waals surface area (Å²) in [7, 11) is -2.43. The number of ether oxygens (including phenoxy) is 2. The molecule has 1 N–H and O–H groups in total. The highest BCUT2D eigenvalue weighted by atomic mass is 32.2. The number of hydrogen-bond acceptors (Lipinski definition) is 7. The Morgan fingerprint density at radius 2 is 2.10 bits per heavy atom. The second-order valence-corrected chi connectivity index (χ2v) is 5.36. The average Bonchev–Trinajstić information content (AvgIpc) is 2.40. The van der Waals surface area contributed by atoms with Gasteiger partial charge in [0.25, 0.3) is 0 Å². The summed E-state index contributed by atoms with van der Waals surface area (Å²) in [6.07, 6.45) is 1.59. The lowest BCUT2D eigenvalue weighted by Gasteiger charge is -2.10. The summed E-state index contributed by atoms with van der Waals surface area (Å²) in [5, 5.41) is 3.65. The van der Waals surface area contributed by atoms with Gasteiger partial charge in [0.15, 0.2) is 11.5 Å². The highest BCUT2D eigenvalue weighted by Crippen LogP contribution is 2.29. The van der Waals surface area contributed by atoms with Gasteiger partial charge in [0.2, 0.25) is 0 Å². The first-order valence-corrected chi connectivity index (χ1v) is 7.70. The maximum Gasteiger partial charge on any atom is 0.427 e. The Morgan fingerprint density at radius 1 is 1.38 bits per heavy atom. The molecule has 1 amide bonds. The van der Waals surface area contributed by atoms with Gasteiger partial charge in [0.1, 0.15) is 0 Å². The molecule has 1 rings (SSSR count). The van der Waals surface area contributed by atoms with Crippen molar-refractivity contribution in [2.75, 3.05) is 20.0 Å². The first kappa shape index (κ1) is 16.8. The monoisotopic (exact) mass is 316 g/mol. The van der Waals surface area contributed by atoms with E-state index in [4.69, 9.17) is 8.92 Å². The third kappa shape index (κ3) is 6.13.